The number of rotatable bonds is 10. The Bertz CT molecular complexity index is 1080. The number of ketones is 1. The van der Waals surface area contributed by atoms with Crippen molar-refractivity contribution in [2.24, 2.45) is 0 Å². The van der Waals surface area contributed by atoms with Gasteiger partial charge in [-0.25, -0.2) is 9.97 Å². The maximum absolute atomic E-state index is 13.1. The van der Waals surface area contributed by atoms with Crippen LogP contribution in [0.5, 0.6) is 0 Å². The summed E-state index contributed by atoms with van der Waals surface area (Å²) in [6, 6.07) is 3.63. The van der Waals surface area contributed by atoms with Gasteiger partial charge in [0, 0.05) is 13.0 Å². The molecule has 3 aromatic rings. The Balaban J connectivity index is 2.07. The van der Waals surface area contributed by atoms with Crippen molar-refractivity contribution in [3.05, 3.63) is 33.9 Å². The van der Waals surface area contributed by atoms with Crippen LogP contribution in [0.1, 0.15) is 38.1 Å². The third-order valence-corrected chi connectivity index (χ3v) is 4.73. The Labute approximate surface area is 174 Å². The minimum Gasteiger partial charge on any atom is -0.380 e. The van der Waals surface area contributed by atoms with Gasteiger partial charge in [0.2, 0.25) is 0 Å². The van der Waals surface area contributed by atoms with Gasteiger partial charge in [0.15, 0.2) is 17.2 Å². The van der Waals surface area contributed by atoms with E-state index in [1.54, 1.807) is 17.6 Å². The van der Waals surface area contributed by atoms with Crippen molar-refractivity contribution in [3.8, 4) is 11.3 Å². The van der Waals surface area contributed by atoms with Crippen LogP contribution in [0, 0.1) is 13.8 Å². The molecule has 1 N–H and O–H groups in total. The maximum Gasteiger partial charge on any atom is 0.295 e. The molecule has 9 heteroatoms. The van der Waals surface area contributed by atoms with Crippen LogP contribution in [-0.4, -0.2) is 45.2 Å². The van der Waals surface area contributed by atoms with E-state index in [1.165, 1.54) is 0 Å². The molecule has 9 nitrogen and oxygen atoms in total. The number of nitrogens with one attached hydrogen (secondary N) is 1. The second kappa shape index (κ2) is 9.62. The van der Waals surface area contributed by atoms with Crippen molar-refractivity contribution in [1.82, 2.24) is 19.7 Å². The molecule has 0 atom stereocenters. The number of anilines is 1. The van der Waals surface area contributed by atoms with Gasteiger partial charge in [-0.3, -0.25) is 14.2 Å². The first-order chi connectivity index (χ1) is 14.5. The number of Topliss-reactive ketones (excluding diaryl/α,β-unsaturated/α-hetero) is 1. The van der Waals surface area contributed by atoms with Crippen molar-refractivity contribution < 1.29 is 14.1 Å². The van der Waals surface area contributed by atoms with E-state index in [1.807, 2.05) is 26.8 Å². The quantitative estimate of drug-likeness (QED) is 0.505. The first kappa shape index (κ1) is 21.6. The van der Waals surface area contributed by atoms with Crippen LogP contribution in [0.25, 0.3) is 22.4 Å². The highest BCUT2D eigenvalue weighted by molar-refractivity contribution is 5.83. The number of fused-ring (bicyclic) bond motifs is 1. The Kier molecular flexibility index (Phi) is 6.94. The largest absolute Gasteiger partial charge is 0.380 e. The normalized spacial score (nSPS) is 11.2. The number of nitrogens with zero attached hydrogens (tertiary/aromatic N) is 4. The Morgan fingerprint density at radius 3 is 2.67 bits per heavy atom. The lowest BCUT2D eigenvalue weighted by atomic mass is 10.1. The predicted molar refractivity (Wildman–Crippen MR) is 114 cm³/mol. The number of hydrogen-bond donors (Lipinski definition) is 1. The molecule has 0 saturated heterocycles. The van der Waals surface area contributed by atoms with E-state index >= 15 is 0 Å². The number of ether oxygens (including phenoxy) is 1. The highest BCUT2D eigenvalue weighted by Gasteiger charge is 2.17. The summed E-state index contributed by atoms with van der Waals surface area (Å²) in [7, 11) is 0. The molecule has 160 valence electrons. The molecule has 0 aromatic carbocycles. The molecular weight excluding hydrogens is 386 g/mol. The van der Waals surface area contributed by atoms with E-state index in [9.17, 15) is 9.59 Å². The minimum absolute atomic E-state index is 0.000933. The second-order valence-corrected chi connectivity index (χ2v) is 7.01. The zero-order valence-electron chi connectivity index (χ0n) is 17.8. The molecule has 0 spiro atoms. The van der Waals surface area contributed by atoms with Gasteiger partial charge in [-0.2, -0.15) is 0 Å². The van der Waals surface area contributed by atoms with Crippen LogP contribution >= 0.6 is 0 Å². The van der Waals surface area contributed by atoms with Gasteiger partial charge in [0.1, 0.15) is 11.3 Å². The molecule has 0 radical (unpaired) electrons. The van der Waals surface area contributed by atoms with E-state index in [0.717, 1.165) is 17.7 Å². The van der Waals surface area contributed by atoms with Gasteiger partial charge >= 0.3 is 0 Å². The number of carbonyl (C=O) groups excluding carboxylic acids is 1. The number of pyridine rings is 1. The molecule has 3 rings (SSSR count). The van der Waals surface area contributed by atoms with Crippen molar-refractivity contribution in [1.29, 1.82) is 0 Å². The molecule has 0 aliphatic heterocycles. The molecule has 0 unspecified atom stereocenters. The third-order valence-electron chi connectivity index (χ3n) is 4.73. The van der Waals surface area contributed by atoms with Gasteiger partial charge in [0.25, 0.3) is 5.56 Å². The average Bonchev–Trinajstić information content (AvgIpc) is 3.08. The van der Waals surface area contributed by atoms with Crippen LogP contribution in [0.3, 0.4) is 0 Å². The van der Waals surface area contributed by atoms with Crippen molar-refractivity contribution in [3.63, 3.8) is 0 Å². The maximum atomic E-state index is 13.1. The molecule has 0 saturated carbocycles. The molecule has 3 aromatic heterocycles. The Morgan fingerprint density at radius 2 is 2.00 bits per heavy atom. The van der Waals surface area contributed by atoms with E-state index in [4.69, 9.17) is 14.2 Å². The molecule has 3 heterocycles. The Hall–Kier alpha value is -3.07. The topological polar surface area (TPSA) is 112 Å². The summed E-state index contributed by atoms with van der Waals surface area (Å²) < 4.78 is 12.4. The summed E-state index contributed by atoms with van der Waals surface area (Å²) >= 11 is 0. The average molecular weight is 413 g/mol. The first-order valence-electron chi connectivity index (χ1n) is 10.1. The van der Waals surface area contributed by atoms with E-state index < -0.39 is 0 Å². The SMILES string of the molecule is CCCOCCn1c(=O)c(NCC(=O)CC)nc2ccc(-c3c(C)noc3C)nc21. The fraction of sp³-hybridized carbons (Fsp3) is 0.476. The predicted octanol–water partition coefficient (Wildman–Crippen LogP) is 2.88. The zero-order chi connectivity index (χ0) is 21.7. The van der Waals surface area contributed by atoms with Crippen LogP contribution in [0.2, 0.25) is 0 Å². The van der Waals surface area contributed by atoms with Gasteiger partial charge in [0.05, 0.1) is 36.6 Å². The van der Waals surface area contributed by atoms with Crippen LogP contribution in [0.4, 0.5) is 5.82 Å². The van der Waals surface area contributed by atoms with Crippen molar-refractivity contribution in [2.45, 2.75) is 47.1 Å². The molecule has 0 amide bonds. The molecule has 0 aliphatic carbocycles. The van der Waals surface area contributed by atoms with E-state index in [-0.39, 0.29) is 23.7 Å². The van der Waals surface area contributed by atoms with Gasteiger partial charge in [-0.15, -0.1) is 0 Å². The van der Waals surface area contributed by atoms with Gasteiger partial charge in [-0.1, -0.05) is 19.0 Å². The summed E-state index contributed by atoms with van der Waals surface area (Å²) in [6.07, 6.45) is 1.29. The summed E-state index contributed by atoms with van der Waals surface area (Å²) in [5.41, 5.74) is 2.84. The number of carbonyl (C=O) groups is 1. The van der Waals surface area contributed by atoms with E-state index in [0.29, 0.717) is 48.8 Å². The van der Waals surface area contributed by atoms with E-state index in [2.05, 4.69) is 15.5 Å². The molecule has 0 fully saturated rings. The minimum atomic E-state index is -0.338. The smallest absolute Gasteiger partial charge is 0.295 e. The highest BCUT2D eigenvalue weighted by Crippen LogP contribution is 2.26. The first-order valence-corrected chi connectivity index (χ1v) is 10.1. The molecular formula is C21H27N5O4. The summed E-state index contributed by atoms with van der Waals surface area (Å²) in [6.45, 7) is 8.85. The molecule has 0 bridgehead atoms. The van der Waals surface area contributed by atoms with Crippen LogP contribution < -0.4 is 10.9 Å². The standard InChI is InChI=1S/C21H27N5O4/c1-5-10-29-11-9-26-20-17(23-19(21(26)28)22-12-15(27)6-2)8-7-16(24-20)18-13(3)25-30-14(18)4/h7-8H,5-6,9-12H2,1-4H3,(H,22,23). The lowest BCUT2D eigenvalue weighted by molar-refractivity contribution is -0.117. The van der Waals surface area contributed by atoms with Gasteiger partial charge in [-0.05, 0) is 32.4 Å². The summed E-state index contributed by atoms with van der Waals surface area (Å²) in [5.74, 6) is 0.788. The fourth-order valence-corrected chi connectivity index (χ4v) is 3.14. The molecule has 30 heavy (non-hydrogen) atoms. The fourth-order valence-electron chi connectivity index (χ4n) is 3.14. The summed E-state index contributed by atoms with van der Waals surface area (Å²) in [4.78, 5) is 33.9. The molecule has 0 aliphatic rings. The highest BCUT2D eigenvalue weighted by atomic mass is 16.5. The van der Waals surface area contributed by atoms with Crippen molar-refractivity contribution in [2.75, 3.05) is 25.1 Å². The summed E-state index contributed by atoms with van der Waals surface area (Å²) in [5, 5.41) is 6.86. The number of hydrogen-bond acceptors (Lipinski definition) is 8. The van der Waals surface area contributed by atoms with Crippen LogP contribution in [0.15, 0.2) is 21.5 Å². The van der Waals surface area contributed by atoms with Crippen LogP contribution in [-0.2, 0) is 16.1 Å². The van der Waals surface area contributed by atoms with Crippen molar-refractivity contribution >= 4 is 22.8 Å². The number of aromatic nitrogens is 4. The zero-order valence-corrected chi connectivity index (χ0v) is 17.8. The number of aryl methyl sites for hydroxylation is 2. The van der Waals surface area contributed by atoms with Gasteiger partial charge < -0.3 is 14.6 Å². The third kappa shape index (κ3) is 4.56. The lowest BCUT2D eigenvalue weighted by Gasteiger charge is -2.13. The lowest BCUT2D eigenvalue weighted by Crippen LogP contribution is -2.29. The second-order valence-electron chi connectivity index (χ2n) is 7.01. The monoisotopic (exact) mass is 413 g/mol. The Morgan fingerprint density at radius 1 is 1.20 bits per heavy atom.